The van der Waals surface area contributed by atoms with Crippen LogP contribution >= 0.6 is 35.0 Å². The Balaban J connectivity index is 1.90. The van der Waals surface area contributed by atoms with Crippen LogP contribution in [0.1, 0.15) is 38.9 Å². The lowest BCUT2D eigenvalue weighted by Gasteiger charge is -2.18. The monoisotopic (exact) mass is 422 g/mol. The van der Waals surface area contributed by atoms with Crippen molar-refractivity contribution in [2.45, 2.75) is 40.4 Å². The quantitative estimate of drug-likeness (QED) is 0.463. The standard InChI is InChI=1S/C21H24Cl2N2OS/c1-12-13(2)15(4)18(16(5)14(12)3)10-27-11-21(26)25-24-9-17-6-7-19(22)20(23)8-17/h6-9H,10-11H2,1-5H3,(H,25,26)/b24-9-. The van der Waals surface area contributed by atoms with E-state index in [2.05, 4.69) is 45.1 Å². The first-order valence-electron chi connectivity index (χ1n) is 8.63. The van der Waals surface area contributed by atoms with E-state index in [4.69, 9.17) is 23.2 Å². The summed E-state index contributed by atoms with van der Waals surface area (Å²) in [5.41, 5.74) is 11.3. The van der Waals surface area contributed by atoms with Crippen molar-refractivity contribution in [3.8, 4) is 0 Å². The SMILES string of the molecule is Cc1c(C)c(C)c(CSCC(=O)N/N=C\c2ccc(Cl)c(Cl)c2)c(C)c1C. The topological polar surface area (TPSA) is 41.5 Å². The van der Waals surface area contributed by atoms with Gasteiger partial charge >= 0.3 is 0 Å². The van der Waals surface area contributed by atoms with E-state index in [9.17, 15) is 4.79 Å². The van der Waals surface area contributed by atoms with E-state index in [0.29, 0.717) is 15.8 Å². The first kappa shape index (κ1) is 21.8. The molecular formula is C21H24Cl2N2OS. The van der Waals surface area contributed by atoms with Gasteiger partial charge in [0.25, 0.3) is 0 Å². The molecule has 0 heterocycles. The Morgan fingerprint density at radius 2 is 1.59 bits per heavy atom. The third-order valence-corrected chi connectivity index (χ3v) is 6.68. The highest BCUT2D eigenvalue weighted by atomic mass is 35.5. The second-order valence-electron chi connectivity index (χ2n) is 6.56. The number of hydrogen-bond donors (Lipinski definition) is 1. The Morgan fingerprint density at radius 3 is 2.19 bits per heavy atom. The molecule has 27 heavy (non-hydrogen) atoms. The van der Waals surface area contributed by atoms with E-state index in [1.54, 1.807) is 36.2 Å². The van der Waals surface area contributed by atoms with Crippen molar-refractivity contribution in [3.05, 3.63) is 67.2 Å². The van der Waals surface area contributed by atoms with Gasteiger partial charge in [0.05, 0.1) is 22.0 Å². The highest BCUT2D eigenvalue weighted by Crippen LogP contribution is 2.28. The third kappa shape index (κ3) is 5.50. The van der Waals surface area contributed by atoms with Gasteiger partial charge in [0.2, 0.25) is 5.91 Å². The molecule has 0 saturated heterocycles. The number of hydrogen-bond acceptors (Lipinski definition) is 3. The summed E-state index contributed by atoms with van der Waals surface area (Å²) in [7, 11) is 0. The number of hydrazone groups is 1. The Hall–Kier alpha value is -1.49. The lowest BCUT2D eigenvalue weighted by Crippen LogP contribution is -2.19. The summed E-state index contributed by atoms with van der Waals surface area (Å²) in [6, 6.07) is 5.17. The highest BCUT2D eigenvalue weighted by Gasteiger charge is 2.12. The molecule has 144 valence electrons. The smallest absolute Gasteiger partial charge is 0.250 e. The summed E-state index contributed by atoms with van der Waals surface area (Å²) in [6.45, 7) is 10.8. The molecule has 2 aromatic carbocycles. The van der Waals surface area contributed by atoms with Crippen LogP contribution in [0.15, 0.2) is 23.3 Å². The van der Waals surface area contributed by atoms with E-state index in [0.717, 1.165) is 11.3 Å². The van der Waals surface area contributed by atoms with Crippen LogP contribution in [0.2, 0.25) is 10.0 Å². The van der Waals surface area contributed by atoms with Crippen molar-refractivity contribution in [1.82, 2.24) is 5.43 Å². The number of nitrogens with one attached hydrogen (secondary N) is 1. The highest BCUT2D eigenvalue weighted by molar-refractivity contribution is 7.99. The fraction of sp³-hybridized carbons (Fsp3) is 0.333. The number of nitrogens with zero attached hydrogens (tertiary/aromatic N) is 1. The molecule has 0 spiro atoms. The van der Waals surface area contributed by atoms with E-state index in [1.165, 1.54) is 33.4 Å². The molecule has 0 atom stereocenters. The molecular weight excluding hydrogens is 399 g/mol. The molecule has 0 aromatic heterocycles. The second-order valence-corrected chi connectivity index (χ2v) is 8.36. The van der Waals surface area contributed by atoms with Crippen molar-refractivity contribution in [3.63, 3.8) is 0 Å². The Labute approximate surface area is 175 Å². The van der Waals surface area contributed by atoms with E-state index < -0.39 is 0 Å². The van der Waals surface area contributed by atoms with E-state index in [-0.39, 0.29) is 5.91 Å². The predicted molar refractivity (Wildman–Crippen MR) is 118 cm³/mol. The maximum absolute atomic E-state index is 12.0. The molecule has 0 unspecified atom stereocenters. The molecule has 2 aromatic rings. The summed E-state index contributed by atoms with van der Waals surface area (Å²) in [5, 5.41) is 4.92. The van der Waals surface area contributed by atoms with Gasteiger partial charge < -0.3 is 0 Å². The van der Waals surface area contributed by atoms with Crippen LogP contribution in [0.3, 0.4) is 0 Å². The number of rotatable bonds is 6. The molecule has 6 heteroatoms. The minimum atomic E-state index is -0.132. The molecule has 0 saturated carbocycles. The van der Waals surface area contributed by atoms with Gasteiger partial charge in [-0.2, -0.15) is 5.10 Å². The number of halogens is 2. The summed E-state index contributed by atoms with van der Waals surface area (Å²) in [6.07, 6.45) is 1.55. The van der Waals surface area contributed by atoms with E-state index >= 15 is 0 Å². The largest absolute Gasteiger partial charge is 0.272 e. The average Bonchev–Trinajstić information content (AvgIpc) is 2.64. The van der Waals surface area contributed by atoms with Crippen LogP contribution < -0.4 is 5.43 Å². The molecule has 0 aliphatic carbocycles. The molecule has 3 nitrogen and oxygen atoms in total. The summed E-state index contributed by atoms with van der Waals surface area (Å²) in [4.78, 5) is 12.0. The maximum Gasteiger partial charge on any atom is 0.250 e. The van der Waals surface area contributed by atoms with Gasteiger partial charge in [0.1, 0.15) is 0 Å². The number of carbonyl (C=O) groups excluding carboxylic acids is 1. The lowest BCUT2D eigenvalue weighted by molar-refractivity contribution is -0.118. The van der Waals surface area contributed by atoms with Crippen molar-refractivity contribution < 1.29 is 4.79 Å². The minimum Gasteiger partial charge on any atom is -0.272 e. The van der Waals surface area contributed by atoms with Gasteiger partial charge in [-0.1, -0.05) is 29.3 Å². The second kappa shape index (κ2) is 9.63. The lowest BCUT2D eigenvalue weighted by atomic mass is 9.90. The molecule has 1 amide bonds. The third-order valence-electron chi connectivity index (χ3n) is 4.98. The van der Waals surface area contributed by atoms with Gasteiger partial charge in [0, 0.05) is 5.75 Å². The number of thioether (sulfide) groups is 1. The van der Waals surface area contributed by atoms with Crippen LogP contribution in [0.25, 0.3) is 0 Å². The Morgan fingerprint density at radius 1 is 1.00 bits per heavy atom. The average molecular weight is 423 g/mol. The molecule has 0 fully saturated rings. The first-order valence-corrected chi connectivity index (χ1v) is 10.5. The van der Waals surface area contributed by atoms with Crippen LogP contribution in [-0.4, -0.2) is 17.9 Å². The van der Waals surface area contributed by atoms with E-state index in [1.807, 2.05) is 0 Å². The number of benzene rings is 2. The molecule has 0 bridgehead atoms. The van der Waals surface area contributed by atoms with Crippen molar-refractivity contribution in [2.75, 3.05) is 5.75 Å². The van der Waals surface area contributed by atoms with Crippen LogP contribution in [0, 0.1) is 34.6 Å². The Bertz CT molecular complexity index is 865. The molecule has 0 radical (unpaired) electrons. The molecule has 0 aliphatic heterocycles. The molecule has 2 rings (SSSR count). The maximum atomic E-state index is 12.0. The summed E-state index contributed by atoms with van der Waals surface area (Å²) < 4.78 is 0. The normalized spacial score (nSPS) is 11.2. The Kier molecular flexibility index (Phi) is 7.78. The van der Waals surface area contributed by atoms with Gasteiger partial charge in [-0.3, -0.25) is 4.79 Å². The fourth-order valence-corrected chi connectivity index (χ4v) is 4.14. The molecule has 0 aliphatic rings. The van der Waals surface area contributed by atoms with Crippen molar-refractivity contribution in [1.29, 1.82) is 0 Å². The predicted octanol–water partition coefficient (Wildman–Crippen LogP) is 5.92. The van der Waals surface area contributed by atoms with Gasteiger partial charge in [0.15, 0.2) is 0 Å². The fourth-order valence-electron chi connectivity index (χ4n) is 2.84. The zero-order valence-corrected chi connectivity index (χ0v) is 18.6. The number of amides is 1. The zero-order chi connectivity index (χ0) is 20.1. The number of carbonyl (C=O) groups is 1. The van der Waals surface area contributed by atoms with Crippen LogP contribution in [0.5, 0.6) is 0 Å². The van der Waals surface area contributed by atoms with Gasteiger partial charge in [-0.15, -0.1) is 11.8 Å². The minimum absolute atomic E-state index is 0.132. The van der Waals surface area contributed by atoms with Crippen molar-refractivity contribution >= 4 is 47.1 Å². The zero-order valence-electron chi connectivity index (χ0n) is 16.2. The van der Waals surface area contributed by atoms with Gasteiger partial charge in [-0.25, -0.2) is 5.43 Å². The van der Waals surface area contributed by atoms with Crippen molar-refractivity contribution in [2.24, 2.45) is 5.10 Å². The first-order chi connectivity index (χ1) is 12.7. The van der Waals surface area contributed by atoms with Crippen LogP contribution in [0.4, 0.5) is 0 Å². The molecule has 1 N–H and O–H groups in total. The summed E-state index contributed by atoms with van der Waals surface area (Å²) >= 11 is 13.4. The summed E-state index contributed by atoms with van der Waals surface area (Å²) in [5.74, 6) is 1.03. The van der Waals surface area contributed by atoms with Crippen LogP contribution in [-0.2, 0) is 10.5 Å². The van der Waals surface area contributed by atoms with Gasteiger partial charge in [-0.05, 0) is 85.7 Å².